The van der Waals surface area contributed by atoms with Crippen molar-refractivity contribution in [2.75, 3.05) is 30.4 Å². The van der Waals surface area contributed by atoms with Crippen LogP contribution in [-0.4, -0.2) is 36.1 Å². The second-order valence-electron chi connectivity index (χ2n) is 6.02. The molecule has 126 valence electrons. The van der Waals surface area contributed by atoms with E-state index in [2.05, 4.69) is 20.2 Å². The van der Waals surface area contributed by atoms with E-state index in [0.717, 1.165) is 31.5 Å². The second-order valence-corrected chi connectivity index (χ2v) is 6.02. The Morgan fingerprint density at radius 1 is 1.25 bits per heavy atom. The molecule has 1 N–H and O–H groups in total. The molecular weight excluding hydrogens is 304 g/mol. The number of nitrogens with one attached hydrogen (secondary N) is 1. The van der Waals surface area contributed by atoms with E-state index in [1.165, 1.54) is 0 Å². The third-order valence-electron chi connectivity index (χ3n) is 4.20. The van der Waals surface area contributed by atoms with E-state index >= 15 is 0 Å². The fraction of sp³-hybridized carbons (Fsp3) is 0.389. The lowest BCUT2D eigenvalue weighted by molar-refractivity contribution is 0.102. The summed E-state index contributed by atoms with van der Waals surface area (Å²) in [6.07, 6.45) is 3.93. The van der Waals surface area contributed by atoms with Crippen molar-refractivity contribution in [3.63, 3.8) is 0 Å². The molecule has 0 unspecified atom stereocenters. The normalized spacial score (nSPS) is 13.9. The van der Waals surface area contributed by atoms with Crippen LogP contribution in [0.1, 0.15) is 34.5 Å². The van der Waals surface area contributed by atoms with Crippen molar-refractivity contribution in [1.82, 2.24) is 9.97 Å². The maximum atomic E-state index is 12.6. The zero-order valence-corrected chi connectivity index (χ0v) is 14.3. The predicted molar refractivity (Wildman–Crippen MR) is 93.9 cm³/mol. The molecule has 1 saturated heterocycles. The highest BCUT2D eigenvalue weighted by Crippen LogP contribution is 2.26. The third kappa shape index (κ3) is 3.32. The number of ether oxygens (including phenoxy) is 1. The van der Waals surface area contributed by atoms with E-state index in [-0.39, 0.29) is 5.91 Å². The lowest BCUT2D eigenvalue weighted by Crippen LogP contribution is -2.22. The average molecular weight is 326 g/mol. The first-order chi connectivity index (χ1) is 11.6. The summed E-state index contributed by atoms with van der Waals surface area (Å²) in [5.74, 6) is 1.10. The van der Waals surface area contributed by atoms with Crippen molar-refractivity contribution in [3.05, 3.63) is 41.2 Å². The van der Waals surface area contributed by atoms with Gasteiger partial charge in [0.25, 0.3) is 5.91 Å². The van der Waals surface area contributed by atoms with Crippen molar-refractivity contribution < 1.29 is 9.53 Å². The summed E-state index contributed by atoms with van der Waals surface area (Å²) in [6.45, 7) is 5.76. The molecule has 1 fully saturated rings. The van der Waals surface area contributed by atoms with Gasteiger partial charge < -0.3 is 15.0 Å². The predicted octanol–water partition coefficient (Wildman–Crippen LogP) is 2.95. The largest absolute Gasteiger partial charge is 0.495 e. The monoisotopic (exact) mass is 326 g/mol. The minimum absolute atomic E-state index is 0.232. The molecule has 1 aliphatic rings. The minimum atomic E-state index is -0.232. The number of aromatic nitrogens is 2. The van der Waals surface area contributed by atoms with E-state index in [9.17, 15) is 4.79 Å². The summed E-state index contributed by atoms with van der Waals surface area (Å²) in [7, 11) is 1.58. The fourth-order valence-electron chi connectivity index (χ4n) is 2.86. The fourth-order valence-corrected chi connectivity index (χ4v) is 2.86. The standard InChI is InChI=1S/C18H22N4O2/c1-12-6-7-16(24-3)15(10-12)21-17(23)14-11-19-18(20-13(14)2)22-8-4-5-9-22/h6-7,10-11H,4-5,8-9H2,1-3H3,(H,21,23). The van der Waals surface area contributed by atoms with Crippen molar-refractivity contribution in [3.8, 4) is 5.75 Å². The Balaban J connectivity index is 1.81. The van der Waals surface area contributed by atoms with Crippen LogP contribution in [-0.2, 0) is 0 Å². The van der Waals surface area contributed by atoms with Gasteiger partial charge in [0.2, 0.25) is 5.95 Å². The van der Waals surface area contributed by atoms with Gasteiger partial charge in [0.1, 0.15) is 5.75 Å². The van der Waals surface area contributed by atoms with Crippen molar-refractivity contribution in [2.45, 2.75) is 26.7 Å². The molecule has 3 rings (SSSR count). The first-order valence-electron chi connectivity index (χ1n) is 8.13. The van der Waals surface area contributed by atoms with Gasteiger partial charge in [-0.25, -0.2) is 9.97 Å². The minimum Gasteiger partial charge on any atom is -0.495 e. The molecule has 0 aliphatic carbocycles. The number of benzene rings is 1. The van der Waals surface area contributed by atoms with Crippen LogP contribution in [0.4, 0.5) is 11.6 Å². The van der Waals surface area contributed by atoms with Gasteiger partial charge in [-0.2, -0.15) is 0 Å². The van der Waals surface area contributed by atoms with Gasteiger partial charge in [-0.3, -0.25) is 4.79 Å². The van der Waals surface area contributed by atoms with Crippen LogP contribution in [0, 0.1) is 13.8 Å². The molecule has 0 atom stereocenters. The summed E-state index contributed by atoms with van der Waals surface area (Å²) >= 11 is 0. The number of amides is 1. The number of methoxy groups -OCH3 is 1. The number of carbonyl (C=O) groups excluding carboxylic acids is 1. The first-order valence-corrected chi connectivity index (χ1v) is 8.13. The number of aryl methyl sites for hydroxylation is 2. The van der Waals surface area contributed by atoms with E-state index < -0.39 is 0 Å². The Kier molecular flexibility index (Phi) is 4.64. The number of nitrogens with zero attached hydrogens (tertiary/aromatic N) is 3. The number of anilines is 2. The summed E-state index contributed by atoms with van der Waals surface area (Å²) in [5.41, 5.74) is 2.84. The number of hydrogen-bond acceptors (Lipinski definition) is 5. The molecule has 6 nitrogen and oxygen atoms in total. The Labute approximate surface area is 141 Å². The Hall–Kier alpha value is -2.63. The lowest BCUT2D eigenvalue weighted by atomic mass is 10.2. The van der Waals surface area contributed by atoms with Crippen LogP contribution in [0.3, 0.4) is 0 Å². The third-order valence-corrected chi connectivity index (χ3v) is 4.20. The van der Waals surface area contributed by atoms with Crippen LogP contribution in [0.25, 0.3) is 0 Å². The van der Waals surface area contributed by atoms with Crippen molar-refractivity contribution in [1.29, 1.82) is 0 Å². The van der Waals surface area contributed by atoms with E-state index in [1.807, 2.05) is 32.0 Å². The molecule has 1 aromatic heterocycles. The summed E-state index contributed by atoms with van der Waals surface area (Å²) in [5, 5.41) is 2.89. The topological polar surface area (TPSA) is 67.3 Å². The van der Waals surface area contributed by atoms with E-state index in [0.29, 0.717) is 28.6 Å². The van der Waals surface area contributed by atoms with Crippen LogP contribution in [0.2, 0.25) is 0 Å². The number of carbonyl (C=O) groups is 1. The van der Waals surface area contributed by atoms with Crippen molar-refractivity contribution in [2.24, 2.45) is 0 Å². The Morgan fingerprint density at radius 2 is 2.00 bits per heavy atom. The molecule has 2 heterocycles. The van der Waals surface area contributed by atoms with Crippen LogP contribution in [0.5, 0.6) is 5.75 Å². The molecule has 1 aromatic carbocycles. The molecule has 1 aliphatic heterocycles. The zero-order valence-electron chi connectivity index (χ0n) is 14.3. The highest BCUT2D eigenvalue weighted by atomic mass is 16.5. The molecule has 2 aromatic rings. The number of rotatable bonds is 4. The summed E-state index contributed by atoms with van der Waals surface area (Å²) in [4.78, 5) is 23.6. The van der Waals surface area contributed by atoms with E-state index in [1.54, 1.807) is 13.3 Å². The Morgan fingerprint density at radius 3 is 2.67 bits per heavy atom. The Bertz CT molecular complexity index is 755. The van der Waals surface area contributed by atoms with Crippen LogP contribution in [0.15, 0.2) is 24.4 Å². The maximum Gasteiger partial charge on any atom is 0.259 e. The zero-order chi connectivity index (χ0) is 17.1. The summed E-state index contributed by atoms with van der Waals surface area (Å²) in [6, 6.07) is 5.66. The van der Waals surface area contributed by atoms with Gasteiger partial charge in [-0.15, -0.1) is 0 Å². The van der Waals surface area contributed by atoms with Gasteiger partial charge in [0.15, 0.2) is 0 Å². The van der Waals surface area contributed by atoms with Crippen LogP contribution >= 0.6 is 0 Å². The van der Waals surface area contributed by atoms with E-state index in [4.69, 9.17) is 4.74 Å². The van der Waals surface area contributed by atoms with Gasteiger partial charge >= 0.3 is 0 Å². The van der Waals surface area contributed by atoms with Crippen LogP contribution < -0.4 is 15.0 Å². The van der Waals surface area contributed by atoms with Gasteiger partial charge in [0.05, 0.1) is 24.1 Å². The van der Waals surface area contributed by atoms with Crippen molar-refractivity contribution >= 4 is 17.5 Å². The molecule has 0 radical (unpaired) electrons. The molecule has 6 heteroatoms. The van der Waals surface area contributed by atoms with Gasteiger partial charge in [0, 0.05) is 19.3 Å². The van der Waals surface area contributed by atoms with Gasteiger partial charge in [-0.05, 0) is 44.4 Å². The maximum absolute atomic E-state index is 12.6. The summed E-state index contributed by atoms with van der Waals surface area (Å²) < 4.78 is 5.30. The molecule has 24 heavy (non-hydrogen) atoms. The number of hydrogen-bond donors (Lipinski definition) is 1. The molecule has 1 amide bonds. The highest BCUT2D eigenvalue weighted by Gasteiger charge is 2.18. The second kappa shape index (κ2) is 6.86. The lowest BCUT2D eigenvalue weighted by Gasteiger charge is -2.16. The quantitative estimate of drug-likeness (QED) is 0.935. The molecular formula is C18H22N4O2. The smallest absolute Gasteiger partial charge is 0.259 e. The first kappa shape index (κ1) is 16.2. The SMILES string of the molecule is COc1ccc(C)cc1NC(=O)c1cnc(N2CCCC2)nc1C. The highest BCUT2D eigenvalue weighted by molar-refractivity contribution is 6.05. The molecule has 0 spiro atoms. The van der Waals surface area contributed by atoms with Gasteiger partial charge in [-0.1, -0.05) is 6.07 Å². The average Bonchev–Trinajstić information content (AvgIpc) is 3.09. The molecule has 0 saturated carbocycles. The molecule has 0 bridgehead atoms.